The van der Waals surface area contributed by atoms with E-state index >= 15 is 8.78 Å². The normalized spacial score (nSPS) is 17.0. The quantitative estimate of drug-likeness (QED) is 0.590. The van der Waals surface area contributed by atoms with Crippen LogP contribution in [0.15, 0.2) is 53.6 Å². The fourth-order valence-corrected chi connectivity index (χ4v) is 4.51. The van der Waals surface area contributed by atoms with Crippen molar-refractivity contribution in [3.05, 3.63) is 92.9 Å². The van der Waals surface area contributed by atoms with E-state index in [0.29, 0.717) is 25.3 Å². The second-order valence-corrected chi connectivity index (χ2v) is 8.11. The van der Waals surface area contributed by atoms with Crippen LogP contribution in [0.2, 0.25) is 0 Å². The van der Waals surface area contributed by atoms with Gasteiger partial charge in [-0.3, -0.25) is 14.7 Å². The second kappa shape index (κ2) is 7.80. The number of aromatic nitrogens is 3. The molecule has 0 amide bonds. The molecule has 4 heterocycles. The van der Waals surface area contributed by atoms with Crippen LogP contribution >= 0.6 is 0 Å². The molecule has 0 saturated heterocycles. The summed E-state index contributed by atoms with van der Waals surface area (Å²) in [6, 6.07) is 10.6. The lowest BCUT2D eigenvalue weighted by Gasteiger charge is -2.35. The van der Waals surface area contributed by atoms with Crippen molar-refractivity contribution >= 4 is 11.6 Å². The topological polar surface area (TPSA) is 58.6 Å². The first kappa shape index (κ1) is 20.3. The first-order chi connectivity index (χ1) is 15.4. The maximum atomic E-state index is 15.4. The third-order valence-electron chi connectivity index (χ3n) is 5.83. The van der Waals surface area contributed by atoms with Crippen LogP contribution < -0.4 is 10.5 Å². The molecule has 3 aromatic rings. The molecule has 0 aliphatic carbocycles. The highest BCUT2D eigenvalue weighted by molar-refractivity contribution is 5.47. The lowest BCUT2D eigenvalue weighted by Crippen LogP contribution is -2.45. The molecule has 0 fully saturated rings. The first-order valence-corrected chi connectivity index (χ1v) is 10.3. The maximum absolute atomic E-state index is 15.4. The Balaban J connectivity index is 1.47. The molecule has 0 radical (unpaired) electrons. The highest BCUT2D eigenvalue weighted by atomic mass is 19.3. The van der Waals surface area contributed by atoms with Gasteiger partial charge < -0.3 is 9.47 Å². The van der Waals surface area contributed by atoms with Crippen LogP contribution in [0.5, 0.6) is 0 Å². The highest BCUT2D eigenvalue weighted by Gasteiger charge is 2.46. The van der Waals surface area contributed by atoms with Crippen molar-refractivity contribution < 1.29 is 8.78 Å². The molecule has 32 heavy (non-hydrogen) atoms. The summed E-state index contributed by atoms with van der Waals surface area (Å²) in [5, 5.41) is 0. The number of anilines is 1. The average Bonchev–Trinajstić information content (AvgIpc) is 3.16. The molecule has 2 aliphatic heterocycles. The van der Waals surface area contributed by atoms with Crippen LogP contribution in [0.25, 0.3) is 4.85 Å². The third-order valence-corrected chi connectivity index (χ3v) is 5.83. The largest absolute Gasteiger partial charge is 0.336 e. The Morgan fingerprint density at radius 2 is 1.97 bits per heavy atom. The van der Waals surface area contributed by atoms with E-state index in [9.17, 15) is 4.79 Å². The summed E-state index contributed by atoms with van der Waals surface area (Å²) in [5.41, 5.74) is 1.37. The Morgan fingerprint density at radius 1 is 1.12 bits per heavy atom. The van der Waals surface area contributed by atoms with E-state index in [1.807, 2.05) is 17.0 Å². The Kier molecular flexibility index (Phi) is 4.94. The first-order valence-electron chi connectivity index (χ1n) is 10.3. The van der Waals surface area contributed by atoms with Gasteiger partial charge in [0, 0.05) is 45.1 Å². The van der Waals surface area contributed by atoms with Gasteiger partial charge in [0.05, 0.1) is 18.7 Å². The van der Waals surface area contributed by atoms with Crippen molar-refractivity contribution in [3.8, 4) is 0 Å². The molecule has 0 atom stereocenters. The van der Waals surface area contributed by atoms with Crippen molar-refractivity contribution in [3.63, 3.8) is 0 Å². The van der Waals surface area contributed by atoms with E-state index < -0.39 is 18.0 Å². The molecule has 2 aliphatic rings. The molecule has 0 saturated carbocycles. The minimum atomic E-state index is -3.19. The number of pyridine rings is 1. The summed E-state index contributed by atoms with van der Waals surface area (Å²) >= 11 is 0. The molecular weight excluding hydrogens is 414 g/mol. The SMILES string of the molecule is [C-]#[N+]c1cccc(CN2Cc3c(n4c(nc3=O)N(Cc3cccnc3)CC4)C(F)(F)C2)c1. The summed E-state index contributed by atoms with van der Waals surface area (Å²) < 4.78 is 32.3. The van der Waals surface area contributed by atoms with Gasteiger partial charge in [-0.25, -0.2) is 4.85 Å². The van der Waals surface area contributed by atoms with E-state index in [4.69, 9.17) is 6.57 Å². The number of halogens is 2. The Labute approximate surface area is 183 Å². The van der Waals surface area contributed by atoms with Gasteiger partial charge in [0.25, 0.3) is 5.56 Å². The number of hydrogen-bond donors (Lipinski definition) is 0. The van der Waals surface area contributed by atoms with Gasteiger partial charge in [-0.15, -0.1) is 0 Å². The van der Waals surface area contributed by atoms with Crippen LogP contribution in [0.1, 0.15) is 22.4 Å². The summed E-state index contributed by atoms with van der Waals surface area (Å²) in [5.74, 6) is -2.90. The second-order valence-electron chi connectivity index (χ2n) is 8.11. The molecule has 2 aromatic heterocycles. The monoisotopic (exact) mass is 434 g/mol. The highest BCUT2D eigenvalue weighted by Crippen LogP contribution is 2.38. The van der Waals surface area contributed by atoms with E-state index in [0.717, 1.165) is 11.1 Å². The lowest BCUT2D eigenvalue weighted by molar-refractivity contribution is -0.0621. The predicted molar refractivity (Wildman–Crippen MR) is 114 cm³/mol. The molecule has 0 bridgehead atoms. The third kappa shape index (κ3) is 3.63. The summed E-state index contributed by atoms with van der Waals surface area (Å²) in [7, 11) is 0. The Bertz CT molecular complexity index is 1270. The van der Waals surface area contributed by atoms with Crippen LogP contribution in [0.4, 0.5) is 20.4 Å². The Morgan fingerprint density at radius 3 is 2.75 bits per heavy atom. The van der Waals surface area contributed by atoms with Gasteiger partial charge in [0.1, 0.15) is 5.69 Å². The lowest BCUT2D eigenvalue weighted by atomic mass is 10.0. The van der Waals surface area contributed by atoms with Gasteiger partial charge >= 0.3 is 5.92 Å². The zero-order valence-corrected chi connectivity index (χ0v) is 17.2. The fraction of sp³-hybridized carbons (Fsp3) is 0.304. The van der Waals surface area contributed by atoms with Gasteiger partial charge in [0.2, 0.25) is 5.95 Å². The number of fused-ring (bicyclic) bond motifs is 3. The zero-order chi connectivity index (χ0) is 22.3. The van der Waals surface area contributed by atoms with Crippen LogP contribution in [0, 0.1) is 6.57 Å². The predicted octanol–water partition coefficient (Wildman–Crippen LogP) is 3.32. The Hall–Kier alpha value is -3.64. The van der Waals surface area contributed by atoms with Crippen molar-refractivity contribution in [2.45, 2.75) is 32.1 Å². The number of rotatable bonds is 4. The van der Waals surface area contributed by atoms with E-state index in [1.54, 1.807) is 41.6 Å². The minimum Gasteiger partial charge on any atom is -0.336 e. The standard InChI is InChI=1S/C23H20F2N6O/c1-26-18-6-2-4-16(10-18)12-29-14-19-20(23(24,25)15-29)31-9-8-30(22(31)28-21(19)32)13-17-5-3-7-27-11-17/h2-7,10-11H,8-9,12-15H2. The fourth-order valence-electron chi connectivity index (χ4n) is 4.51. The molecule has 1 aromatic carbocycles. The van der Waals surface area contributed by atoms with Crippen LogP contribution in [0.3, 0.4) is 0 Å². The number of alkyl halides is 2. The summed E-state index contributed by atoms with van der Waals surface area (Å²) in [4.78, 5) is 27.9. The van der Waals surface area contributed by atoms with Gasteiger partial charge in [-0.2, -0.15) is 13.8 Å². The zero-order valence-electron chi connectivity index (χ0n) is 17.2. The molecule has 0 spiro atoms. The summed E-state index contributed by atoms with van der Waals surface area (Å²) in [6.07, 6.45) is 3.39. The molecule has 0 N–H and O–H groups in total. The molecule has 9 heteroatoms. The molecule has 162 valence electrons. The maximum Gasteiger partial charge on any atom is 0.300 e. The van der Waals surface area contributed by atoms with Crippen LogP contribution in [-0.2, 0) is 32.1 Å². The summed E-state index contributed by atoms with van der Waals surface area (Å²) in [6.45, 7) is 8.28. The van der Waals surface area contributed by atoms with Crippen LogP contribution in [-0.4, -0.2) is 32.5 Å². The van der Waals surface area contributed by atoms with Crippen molar-refractivity contribution in [2.24, 2.45) is 0 Å². The van der Waals surface area contributed by atoms with Crippen molar-refractivity contribution in [1.82, 2.24) is 19.4 Å². The van der Waals surface area contributed by atoms with E-state index in [-0.39, 0.29) is 30.3 Å². The van der Waals surface area contributed by atoms with E-state index in [2.05, 4.69) is 14.8 Å². The molecular formula is C23H20F2N6O. The van der Waals surface area contributed by atoms with Crippen molar-refractivity contribution in [2.75, 3.05) is 18.0 Å². The smallest absolute Gasteiger partial charge is 0.300 e. The van der Waals surface area contributed by atoms with E-state index in [1.165, 1.54) is 4.57 Å². The number of hydrogen-bond acceptors (Lipinski definition) is 5. The van der Waals surface area contributed by atoms with Gasteiger partial charge in [-0.1, -0.05) is 30.3 Å². The average molecular weight is 434 g/mol. The minimum absolute atomic E-state index is 0.0505. The molecule has 7 nitrogen and oxygen atoms in total. The van der Waals surface area contributed by atoms with Gasteiger partial charge in [0.15, 0.2) is 5.69 Å². The van der Waals surface area contributed by atoms with Crippen molar-refractivity contribution in [1.29, 1.82) is 0 Å². The number of benzene rings is 1. The molecule has 0 unspecified atom stereocenters. The number of nitrogens with zero attached hydrogens (tertiary/aromatic N) is 6. The van der Waals surface area contributed by atoms with Gasteiger partial charge in [-0.05, 0) is 17.2 Å². The molecule has 5 rings (SSSR count).